The van der Waals surface area contributed by atoms with E-state index in [0.29, 0.717) is 17.0 Å². The van der Waals surface area contributed by atoms with Crippen LogP contribution >= 0.6 is 9.24 Å². The van der Waals surface area contributed by atoms with Gasteiger partial charge in [-0.05, 0) is 53.5 Å². The van der Waals surface area contributed by atoms with Crippen LogP contribution < -0.4 is 15.8 Å². The second kappa shape index (κ2) is 6.78. The predicted octanol–water partition coefficient (Wildman–Crippen LogP) is 4.43. The van der Waals surface area contributed by atoms with Crippen LogP contribution in [-0.4, -0.2) is 12.2 Å². The molecule has 128 valence electrons. The van der Waals surface area contributed by atoms with Gasteiger partial charge >= 0.3 is 0 Å². The number of aromatic hydroxyl groups is 1. The van der Waals surface area contributed by atoms with Gasteiger partial charge in [0.25, 0.3) is 0 Å². The topological polar surface area (TPSA) is 55.5 Å². The second-order valence-electron chi connectivity index (χ2n) is 6.15. The zero-order valence-corrected chi connectivity index (χ0v) is 15.8. The Hall–Kier alpha value is -2.51. The van der Waals surface area contributed by atoms with Crippen LogP contribution in [0.3, 0.4) is 0 Å². The van der Waals surface area contributed by atoms with E-state index in [-0.39, 0.29) is 5.75 Å². The quantitative estimate of drug-likeness (QED) is 0.542. The number of hydrogen-bond acceptors (Lipinski definition) is 3. The van der Waals surface area contributed by atoms with E-state index in [1.165, 1.54) is 11.1 Å². The summed E-state index contributed by atoms with van der Waals surface area (Å²) in [4.78, 5) is 0. The smallest absolute Gasteiger partial charge is 0.127 e. The Morgan fingerprint density at radius 3 is 2.16 bits per heavy atom. The number of hydrogen-bond donors (Lipinski definition) is 2. The molecule has 0 spiro atoms. The van der Waals surface area contributed by atoms with Gasteiger partial charge in [0.1, 0.15) is 11.5 Å². The van der Waals surface area contributed by atoms with Crippen molar-refractivity contribution in [2.75, 3.05) is 12.8 Å². The fourth-order valence-electron chi connectivity index (χ4n) is 3.31. The molecule has 25 heavy (non-hydrogen) atoms. The minimum Gasteiger partial charge on any atom is -0.507 e. The highest BCUT2D eigenvalue weighted by atomic mass is 31.0. The standard InChI is InChI=1S/C21H22NO2P/c1-12-6-4-7-13(2)19(12)15-8-5-9-16(22)20(15)21-17(23)10-14(24-3)11-18(21)25/h4-11,23H,22,25H2,1-3H3. The Balaban J connectivity index is 2.37. The maximum absolute atomic E-state index is 10.6. The highest BCUT2D eigenvalue weighted by molar-refractivity contribution is 7.28. The van der Waals surface area contributed by atoms with E-state index in [1.54, 1.807) is 13.2 Å². The molecule has 0 aliphatic carbocycles. The number of aryl methyl sites for hydroxylation is 2. The third-order valence-corrected chi connectivity index (χ3v) is 4.91. The zero-order chi connectivity index (χ0) is 18.1. The number of nitrogen functional groups attached to an aromatic ring is 1. The lowest BCUT2D eigenvalue weighted by Gasteiger charge is -2.19. The van der Waals surface area contributed by atoms with Crippen molar-refractivity contribution in [1.82, 2.24) is 0 Å². The lowest BCUT2D eigenvalue weighted by Crippen LogP contribution is -2.04. The highest BCUT2D eigenvalue weighted by Gasteiger charge is 2.19. The van der Waals surface area contributed by atoms with Crippen LogP contribution in [0.15, 0.2) is 48.5 Å². The van der Waals surface area contributed by atoms with Crippen molar-refractivity contribution in [3.05, 3.63) is 59.7 Å². The average Bonchev–Trinajstić information content (AvgIpc) is 2.56. The summed E-state index contributed by atoms with van der Waals surface area (Å²) in [5.41, 5.74) is 13.0. The van der Waals surface area contributed by atoms with Gasteiger partial charge in [-0.1, -0.05) is 30.3 Å². The van der Waals surface area contributed by atoms with Gasteiger partial charge in [0.2, 0.25) is 0 Å². The van der Waals surface area contributed by atoms with Crippen molar-refractivity contribution in [1.29, 1.82) is 0 Å². The number of phenols is 1. The Morgan fingerprint density at radius 2 is 1.56 bits per heavy atom. The van der Waals surface area contributed by atoms with E-state index in [2.05, 4.69) is 41.3 Å². The number of phenolic OH excluding ortho intramolecular Hbond substituents is 1. The van der Waals surface area contributed by atoms with Gasteiger partial charge in [0, 0.05) is 22.9 Å². The van der Waals surface area contributed by atoms with E-state index in [1.807, 2.05) is 24.3 Å². The van der Waals surface area contributed by atoms with Gasteiger partial charge in [-0.3, -0.25) is 0 Å². The van der Waals surface area contributed by atoms with Crippen LogP contribution in [0, 0.1) is 13.8 Å². The van der Waals surface area contributed by atoms with Crippen LogP contribution in [0.4, 0.5) is 5.69 Å². The first-order chi connectivity index (χ1) is 11.9. The summed E-state index contributed by atoms with van der Waals surface area (Å²) < 4.78 is 5.25. The molecule has 0 heterocycles. The molecular formula is C21H22NO2P. The Kier molecular flexibility index (Phi) is 4.69. The summed E-state index contributed by atoms with van der Waals surface area (Å²) >= 11 is 0. The molecule has 0 fully saturated rings. The molecule has 0 radical (unpaired) electrons. The Bertz CT molecular complexity index is 907. The van der Waals surface area contributed by atoms with E-state index in [0.717, 1.165) is 22.0 Å². The van der Waals surface area contributed by atoms with E-state index < -0.39 is 0 Å². The summed E-state index contributed by atoms with van der Waals surface area (Å²) in [5.74, 6) is 0.754. The monoisotopic (exact) mass is 351 g/mol. The van der Waals surface area contributed by atoms with Gasteiger partial charge in [0.05, 0.1) is 7.11 Å². The molecule has 3 aromatic carbocycles. The maximum atomic E-state index is 10.6. The van der Waals surface area contributed by atoms with Gasteiger partial charge in [-0.25, -0.2) is 0 Å². The lowest BCUT2D eigenvalue weighted by molar-refractivity contribution is 0.408. The van der Waals surface area contributed by atoms with Crippen LogP contribution in [0.25, 0.3) is 22.3 Å². The summed E-state index contributed by atoms with van der Waals surface area (Å²) in [6.45, 7) is 4.18. The number of methoxy groups -OCH3 is 1. The molecular weight excluding hydrogens is 329 g/mol. The van der Waals surface area contributed by atoms with Crippen molar-refractivity contribution in [3.63, 3.8) is 0 Å². The second-order valence-corrected chi connectivity index (χ2v) is 6.77. The molecule has 1 atom stereocenters. The van der Waals surface area contributed by atoms with Crippen molar-refractivity contribution in [2.24, 2.45) is 0 Å². The molecule has 0 aromatic heterocycles. The number of benzene rings is 3. The maximum Gasteiger partial charge on any atom is 0.127 e. The molecule has 4 heteroatoms. The van der Waals surface area contributed by atoms with Gasteiger partial charge in [-0.2, -0.15) is 0 Å². The predicted molar refractivity (Wildman–Crippen MR) is 109 cm³/mol. The lowest BCUT2D eigenvalue weighted by atomic mass is 9.88. The molecule has 0 aliphatic heterocycles. The molecule has 0 aliphatic rings. The van der Waals surface area contributed by atoms with Crippen LogP contribution in [0.1, 0.15) is 11.1 Å². The molecule has 0 saturated heterocycles. The SMILES string of the molecule is COc1cc(O)c(-c2c(N)cccc2-c2c(C)cccc2C)c(P)c1. The number of anilines is 1. The van der Waals surface area contributed by atoms with Crippen LogP contribution in [0.2, 0.25) is 0 Å². The Labute approximate surface area is 150 Å². The number of ether oxygens (including phenoxy) is 1. The van der Waals surface area contributed by atoms with Gasteiger partial charge < -0.3 is 15.6 Å². The minimum atomic E-state index is 0.148. The third-order valence-electron chi connectivity index (χ3n) is 4.45. The first kappa shape index (κ1) is 17.3. The van der Waals surface area contributed by atoms with Crippen molar-refractivity contribution >= 4 is 20.2 Å². The van der Waals surface area contributed by atoms with Crippen molar-refractivity contribution in [2.45, 2.75) is 13.8 Å². The molecule has 3 aromatic rings. The van der Waals surface area contributed by atoms with Crippen molar-refractivity contribution in [3.8, 4) is 33.8 Å². The average molecular weight is 351 g/mol. The molecule has 3 rings (SSSR count). The fourth-order valence-corrected chi connectivity index (χ4v) is 3.77. The van der Waals surface area contributed by atoms with Gasteiger partial charge in [-0.15, -0.1) is 9.24 Å². The number of nitrogens with two attached hydrogens (primary N) is 1. The summed E-state index contributed by atoms with van der Waals surface area (Å²) in [6, 6.07) is 15.6. The van der Waals surface area contributed by atoms with E-state index >= 15 is 0 Å². The zero-order valence-electron chi connectivity index (χ0n) is 14.6. The van der Waals surface area contributed by atoms with Crippen LogP contribution in [0.5, 0.6) is 11.5 Å². The van der Waals surface area contributed by atoms with E-state index in [9.17, 15) is 5.11 Å². The minimum absolute atomic E-state index is 0.148. The molecule has 0 saturated carbocycles. The third kappa shape index (κ3) is 3.08. The van der Waals surface area contributed by atoms with Gasteiger partial charge in [0.15, 0.2) is 0 Å². The first-order valence-corrected chi connectivity index (χ1v) is 8.63. The Morgan fingerprint density at radius 1 is 0.920 bits per heavy atom. The summed E-state index contributed by atoms with van der Waals surface area (Å²) in [6.07, 6.45) is 0. The summed E-state index contributed by atoms with van der Waals surface area (Å²) in [7, 11) is 4.25. The highest BCUT2D eigenvalue weighted by Crippen LogP contribution is 2.43. The molecule has 1 unspecified atom stereocenters. The largest absolute Gasteiger partial charge is 0.507 e. The number of rotatable bonds is 3. The molecule has 3 N–H and O–H groups in total. The van der Waals surface area contributed by atoms with Crippen LogP contribution in [-0.2, 0) is 0 Å². The molecule has 0 bridgehead atoms. The molecule has 0 amide bonds. The summed E-state index contributed by atoms with van der Waals surface area (Å²) in [5, 5.41) is 11.5. The van der Waals surface area contributed by atoms with E-state index in [4.69, 9.17) is 10.5 Å². The first-order valence-electron chi connectivity index (χ1n) is 8.06. The fraction of sp³-hybridized carbons (Fsp3) is 0.143. The normalized spacial score (nSPS) is 10.7. The molecule has 3 nitrogen and oxygen atoms in total. The van der Waals surface area contributed by atoms with Crippen molar-refractivity contribution < 1.29 is 9.84 Å².